The number of likely N-dealkylation sites (tertiary alicyclic amines) is 1. The van der Waals surface area contributed by atoms with Crippen molar-refractivity contribution in [1.82, 2.24) is 4.90 Å². The molecule has 1 amide bonds. The van der Waals surface area contributed by atoms with Gasteiger partial charge in [0.05, 0.1) is 11.5 Å². The fraction of sp³-hybridized carbons (Fsp3) is 0.588. The minimum atomic E-state index is -0.533. The third kappa shape index (κ3) is 4.05. The lowest BCUT2D eigenvalue weighted by Gasteiger charge is -2.41. The first-order valence-corrected chi connectivity index (χ1v) is 8.87. The third-order valence-corrected chi connectivity index (χ3v) is 5.41. The van der Waals surface area contributed by atoms with Crippen LogP contribution in [0, 0.1) is 22.0 Å². The van der Waals surface area contributed by atoms with Gasteiger partial charge in [-0.25, -0.2) is 0 Å². The maximum Gasteiger partial charge on any atom is 0.294 e. The Balaban J connectivity index is 1.59. The van der Waals surface area contributed by atoms with Gasteiger partial charge in [-0.2, -0.15) is 0 Å². The zero-order chi connectivity index (χ0) is 17.1. The molecule has 2 atom stereocenters. The van der Waals surface area contributed by atoms with E-state index in [1.807, 2.05) is 0 Å². The Morgan fingerprint density at radius 3 is 2.79 bits per heavy atom. The van der Waals surface area contributed by atoms with E-state index in [9.17, 15) is 14.9 Å². The zero-order valence-corrected chi connectivity index (χ0v) is 14.3. The van der Waals surface area contributed by atoms with Gasteiger partial charge >= 0.3 is 0 Å². The number of amides is 1. The summed E-state index contributed by atoms with van der Waals surface area (Å²) in [6.45, 7) is 2.17. The van der Waals surface area contributed by atoms with Gasteiger partial charge in [0.1, 0.15) is 5.69 Å². The summed E-state index contributed by atoms with van der Waals surface area (Å²) in [6, 6.07) is 4.27. The number of carbonyl (C=O) groups is 1. The number of piperidine rings is 1. The van der Waals surface area contributed by atoms with E-state index in [4.69, 9.17) is 11.6 Å². The first kappa shape index (κ1) is 17.2. The van der Waals surface area contributed by atoms with Crippen molar-refractivity contribution in [3.8, 4) is 0 Å². The van der Waals surface area contributed by atoms with Crippen LogP contribution in [-0.4, -0.2) is 35.4 Å². The number of halogens is 1. The maximum absolute atomic E-state index is 12.3. The predicted octanol–water partition coefficient (Wildman–Crippen LogP) is 3.70. The molecular formula is C17H22ClN3O3. The molecule has 1 N–H and O–H groups in total. The molecule has 130 valence electrons. The summed E-state index contributed by atoms with van der Waals surface area (Å²) >= 11 is 5.79. The molecule has 24 heavy (non-hydrogen) atoms. The summed E-state index contributed by atoms with van der Waals surface area (Å²) in [5, 5.41) is 14.0. The van der Waals surface area contributed by atoms with Crippen LogP contribution in [0.3, 0.4) is 0 Å². The van der Waals surface area contributed by atoms with Crippen LogP contribution in [0.5, 0.6) is 0 Å². The average molecular weight is 352 g/mol. The molecule has 0 bridgehead atoms. The molecule has 0 radical (unpaired) electrons. The van der Waals surface area contributed by atoms with Crippen LogP contribution in [0.15, 0.2) is 18.2 Å². The Bertz CT molecular complexity index is 638. The molecule has 0 unspecified atom stereocenters. The standard InChI is InChI=1S/C17H22ClN3O3/c18-14-5-6-15(16(9-14)21(23)24)19-17(22)11-20-8-7-12-3-1-2-4-13(12)10-20/h5-6,9,12-13H,1-4,7-8,10-11H2,(H,19,22)/t12-,13-/m1/s1. The number of fused-ring (bicyclic) bond motifs is 1. The van der Waals surface area contributed by atoms with Crippen molar-refractivity contribution in [2.45, 2.75) is 32.1 Å². The van der Waals surface area contributed by atoms with E-state index in [1.54, 1.807) is 0 Å². The predicted molar refractivity (Wildman–Crippen MR) is 93.2 cm³/mol. The number of benzene rings is 1. The molecule has 1 aromatic rings. The number of nitro benzene ring substituents is 1. The number of anilines is 1. The van der Waals surface area contributed by atoms with Gasteiger partial charge < -0.3 is 5.32 Å². The zero-order valence-electron chi connectivity index (χ0n) is 13.5. The van der Waals surface area contributed by atoms with Crippen LogP contribution in [0.25, 0.3) is 0 Å². The van der Waals surface area contributed by atoms with E-state index in [0.29, 0.717) is 5.92 Å². The lowest BCUT2D eigenvalue weighted by atomic mass is 9.75. The van der Waals surface area contributed by atoms with Crippen LogP contribution in [0.1, 0.15) is 32.1 Å². The minimum Gasteiger partial charge on any atom is -0.319 e. The number of carbonyl (C=O) groups excluding carboxylic acids is 1. The molecule has 1 saturated carbocycles. The highest BCUT2D eigenvalue weighted by Crippen LogP contribution is 2.36. The van der Waals surface area contributed by atoms with Crippen LogP contribution in [-0.2, 0) is 4.79 Å². The number of hydrogen-bond acceptors (Lipinski definition) is 4. The molecule has 1 heterocycles. The molecule has 1 saturated heterocycles. The SMILES string of the molecule is O=C(CN1CC[C@H]2CCCC[C@@H]2C1)Nc1ccc(Cl)cc1[N+](=O)[O-]. The molecule has 0 aromatic heterocycles. The Morgan fingerprint density at radius 2 is 2.04 bits per heavy atom. The first-order chi connectivity index (χ1) is 11.5. The molecular weight excluding hydrogens is 330 g/mol. The topological polar surface area (TPSA) is 75.5 Å². The van der Waals surface area contributed by atoms with Gasteiger partial charge in [-0.05, 0) is 43.4 Å². The van der Waals surface area contributed by atoms with E-state index < -0.39 is 4.92 Å². The Hall–Kier alpha value is -1.66. The summed E-state index contributed by atoms with van der Waals surface area (Å²) in [5.74, 6) is 1.30. The van der Waals surface area contributed by atoms with Gasteiger partial charge in [-0.3, -0.25) is 19.8 Å². The van der Waals surface area contributed by atoms with E-state index >= 15 is 0 Å². The van der Waals surface area contributed by atoms with Crippen molar-refractivity contribution in [3.05, 3.63) is 33.3 Å². The number of nitro groups is 1. The summed E-state index contributed by atoms with van der Waals surface area (Å²) in [7, 11) is 0. The molecule has 1 aliphatic carbocycles. The number of hydrogen-bond donors (Lipinski definition) is 1. The quantitative estimate of drug-likeness (QED) is 0.663. The number of rotatable bonds is 4. The van der Waals surface area contributed by atoms with Crippen molar-refractivity contribution in [2.24, 2.45) is 11.8 Å². The molecule has 6 nitrogen and oxygen atoms in total. The van der Waals surface area contributed by atoms with Gasteiger partial charge in [-0.15, -0.1) is 0 Å². The highest BCUT2D eigenvalue weighted by molar-refractivity contribution is 6.31. The second-order valence-corrected chi connectivity index (χ2v) is 7.23. The van der Waals surface area contributed by atoms with Gasteiger partial charge in [0.2, 0.25) is 5.91 Å². The van der Waals surface area contributed by atoms with Crippen LogP contribution in [0.2, 0.25) is 5.02 Å². The lowest BCUT2D eigenvalue weighted by Crippen LogP contribution is -2.44. The molecule has 1 aromatic carbocycles. The van der Waals surface area contributed by atoms with E-state index in [-0.39, 0.29) is 28.8 Å². The van der Waals surface area contributed by atoms with Crippen molar-refractivity contribution in [2.75, 3.05) is 25.0 Å². The molecule has 3 rings (SSSR count). The third-order valence-electron chi connectivity index (χ3n) is 5.17. The molecule has 2 fully saturated rings. The van der Waals surface area contributed by atoms with Crippen molar-refractivity contribution in [3.63, 3.8) is 0 Å². The van der Waals surface area contributed by atoms with Crippen molar-refractivity contribution < 1.29 is 9.72 Å². The summed E-state index contributed by atoms with van der Waals surface area (Å²) in [5.41, 5.74) is 0.0174. The molecule has 0 spiro atoms. The Morgan fingerprint density at radius 1 is 1.29 bits per heavy atom. The van der Waals surface area contributed by atoms with E-state index in [0.717, 1.165) is 25.4 Å². The van der Waals surface area contributed by atoms with Crippen molar-refractivity contribution >= 4 is 28.9 Å². The second-order valence-electron chi connectivity index (χ2n) is 6.80. The first-order valence-electron chi connectivity index (χ1n) is 8.49. The molecule has 1 aliphatic heterocycles. The average Bonchev–Trinajstić information content (AvgIpc) is 2.56. The summed E-state index contributed by atoms with van der Waals surface area (Å²) in [4.78, 5) is 25.0. The maximum atomic E-state index is 12.3. The minimum absolute atomic E-state index is 0.179. The van der Waals surface area contributed by atoms with Crippen molar-refractivity contribution in [1.29, 1.82) is 0 Å². The number of nitrogens with one attached hydrogen (secondary N) is 1. The molecule has 2 aliphatic rings. The van der Waals surface area contributed by atoms with E-state index in [2.05, 4.69) is 10.2 Å². The number of nitrogens with zero attached hydrogens (tertiary/aromatic N) is 2. The molecule has 7 heteroatoms. The Labute approximate surface area is 146 Å². The van der Waals surface area contributed by atoms with Gasteiger partial charge in [0, 0.05) is 17.6 Å². The van der Waals surface area contributed by atoms with Crippen LogP contribution >= 0.6 is 11.6 Å². The van der Waals surface area contributed by atoms with Gasteiger partial charge in [0.25, 0.3) is 5.69 Å². The summed E-state index contributed by atoms with van der Waals surface area (Å²) < 4.78 is 0. The van der Waals surface area contributed by atoms with Crippen LogP contribution in [0.4, 0.5) is 11.4 Å². The summed E-state index contributed by atoms with van der Waals surface area (Å²) in [6.07, 6.45) is 6.35. The lowest BCUT2D eigenvalue weighted by molar-refractivity contribution is -0.383. The smallest absolute Gasteiger partial charge is 0.294 e. The van der Waals surface area contributed by atoms with Gasteiger partial charge in [0.15, 0.2) is 0 Å². The highest BCUT2D eigenvalue weighted by Gasteiger charge is 2.31. The Kier molecular flexibility index (Phi) is 5.36. The fourth-order valence-corrected chi connectivity index (χ4v) is 4.14. The largest absolute Gasteiger partial charge is 0.319 e. The van der Waals surface area contributed by atoms with Gasteiger partial charge in [-0.1, -0.05) is 30.9 Å². The highest BCUT2D eigenvalue weighted by atomic mass is 35.5. The second kappa shape index (κ2) is 7.49. The van der Waals surface area contributed by atoms with E-state index in [1.165, 1.54) is 43.9 Å². The fourth-order valence-electron chi connectivity index (χ4n) is 3.97. The van der Waals surface area contributed by atoms with Crippen LogP contribution < -0.4 is 5.32 Å². The normalized spacial score (nSPS) is 24.2. The monoisotopic (exact) mass is 351 g/mol.